The van der Waals surface area contributed by atoms with Crippen molar-refractivity contribution in [1.82, 2.24) is 0 Å². The first kappa shape index (κ1) is 11.9. The molecule has 1 fully saturated rings. The fourth-order valence-corrected chi connectivity index (χ4v) is 2.84. The van der Waals surface area contributed by atoms with Crippen molar-refractivity contribution < 1.29 is 0 Å². The smallest absolute Gasteiger partial charge is 0.0189 e. The van der Waals surface area contributed by atoms with Crippen LogP contribution in [0.3, 0.4) is 0 Å². The molecule has 78 valence electrons. The molecule has 3 heteroatoms. The summed E-state index contributed by atoms with van der Waals surface area (Å²) < 4.78 is 0. The van der Waals surface area contributed by atoms with E-state index in [0.717, 1.165) is 5.25 Å². The van der Waals surface area contributed by atoms with Gasteiger partial charge in [0.15, 0.2) is 0 Å². The van der Waals surface area contributed by atoms with Crippen molar-refractivity contribution in [1.29, 1.82) is 0 Å². The first-order valence-corrected chi connectivity index (χ1v) is 5.73. The normalized spacial score (nSPS) is 15.8. The number of benzene rings is 1. The monoisotopic (exact) mass is 229 g/mol. The van der Waals surface area contributed by atoms with Crippen LogP contribution < -0.4 is 5.73 Å². The fraction of sp³-hybridized carbons (Fsp3) is 0.455. The van der Waals surface area contributed by atoms with Gasteiger partial charge in [-0.2, -0.15) is 0 Å². The van der Waals surface area contributed by atoms with E-state index in [0.29, 0.717) is 6.54 Å². The number of hydrogen-bond acceptors (Lipinski definition) is 2. The van der Waals surface area contributed by atoms with Crippen molar-refractivity contribution in [3.8, 4) is 0 Å². The summed E-state index contributed by atoms with van der Waals surface area (Å²) in [6.07, 6.45) is 4.16. The highest BCUT2D eigenvalue weighted by atomic mass is 35.5. The van der Waals surface area contributed by atoms with Gasteiger partial charge in [-0.25, -0.2) is 0 Å². The molecule has 2 rings (SSSR count). The lowest BCUT2D eigenvalue weighted by Gasteiger charge is -2.25. The first-order chi connectivity index (χ1) is 6.40. The second-order valence-corrected chi connectivity index (χ2v) is 4.82. The van der Waals surface area contributed by atoms with Crippen molar-refractivity contribution in [2.75, 3.05) is 0 Å². The third-order valence-electron chi connectivity index (χ3n) is 2.54. The van der Waals surface area contributed by atoms with Gasteiger partial charge in [-0.05, 0) is 24.5 Å². The molecular formula is C11H16ClNS. The number of thioether (sulfide) groups is 1. The molecule has 1 aliphatic rings. The Hall–Kier alpha value is -0.180. The number of rotatable bonds is 3. The maximum absolute atomic E-state index is 5.67. The standard InChI is InChI=1S/C11H15NS.ClH/c12-8-9-4-1-2-7-11(9)13-10-5-3-6-10;/h1-2,4,7,10H,3,5-6,8,12H2;1H. The van der Waals surface area contributed by atoms with Crippen LogP contribution in [0.4, 0.5) is 0 Å². The molecule has 0 spiro atoms. The van der Waals surface area contributed by atoms with E-state index >= 15 is 0 Å². The third kappa shape index (κ3) is 2.66. The predicted molar refractivity (Wildman–Crippen MR) is 65.1 cm³/mol. The van der Waals surface area contributed by atoms with Gasteiger partial charge in [-0.15, -0.1) is 24.2 Å². The average Bonchev–Trinajstić information content (AvgIpc) is 2.12. The molecule has 1 aromatic carbocycles. The van der Waals surface area contributed by atoms with E-state index < -0.39 is 0 Å². The van der Waals surface area contributed by atoms with Crippen LogP contribution in [0.5, 0.6) is 0 Å². The minimum absolute atomic E-state index is 0. The van der Waals surface area contributed by atoms with E-state index in [2.05, 4.69) is 24.3 Å². The zero-order valence-corrected chi connectivity index (χ0v) is 9.74. The third-order valence-corrected chi connectivity index (χ3v) is 4.00. The predicted octanol–water partition coefficient (Wildman–Crippen LogP) is 3.21. The highest BCUT2D eigenvalue weighted by Crippen LogP contribution is 2.37. The Labute approximate surface area is 95.9 Å². The molecule has 1 aliphatic carbocycles. The number of halogens is 1. The maximum Gasteiger partial charge on any atom is 0.0189 e. The van der Waals surface area contributed by atoms with Gasteiger partial charge >= 0.3 is 0 Å². The quantitative estimate of drug-likeness (QED) is 0.862. The summed E-state index contributed by atoms with van der Waals surface area (Å²) in [5.41, 5.74) is 6.96. The molecule has 0 aliphatic heterocycles. The molecule has 0 bridgehead atoms. The lowest BCUT2D eigenvalue weighted by atomic mass is 10.00. The second-order valence-electron chi connectivity index (χ2n) is 3.48. The van der Waals surface area contributed by atoms with Crippen LogP contribution in [-0.4, -0.2) is 5.25 Å². The van der Waals surface area contributed by atoms with Crippen LogP contribution in [0.25, 0.3) is 0 Å². The Kier molecular flexibility index (Phi) is 4.79. The van der Waals surface area contributed by atoms with Gasteiger partial charge < -0.3 is 5.73 Å². The highest BCUT2D eigenvalue weighted by molar-refractivity contribution is 8.00. The van der Waals surface area contributed by atoms with Crippen molar-refractivity contribution in [3.63, 3.8) is 0 Å². The molecule has 0 aromatic heterocycles. The molecule has 1 aromatic rings. The highest BCUT2D eigenvalue weighted by Gasteiger charge is 2.19. The lowest BCUT2D eigenvalue weighted by molar-refractivity contribution is 0.522. The topological polar surface area (TPSA) is 26.0 Å². The maximum atomic E-state index is 5.67. The summed E-state index contributed by atoms with van der Waals surface area (Å²) in [5.74, 6) is 0. The van der Waals surface area contributed by atoms with Gasteiger partial charge in [0, 0.05) is 16.7 Å². The van der Waals surface area contributed by atoms with E-state index in [-0.39, 0.29) is 12.4 Å². The van der Waals surface area contributed by atoms with Crippen LogP contribution >= 0.6 is 24.2 Å². The van der Waals surface area contributed by atoms with Crippen LogP contribution in [-0.2, 0) is 6.54 Å². The number of nitrogens with two attached hydrogens (primary N) is 1. The summed E-state index contributed by atoms with van der Waals surface area (Å²) in [7, 11) is 0. The second kappa shape index (κ2) is 5.64. The molecule has 14 heavy (non-hydrogen) atoms. The summed E-state index contributed by atoms with van der Waals surface area (Å²) in [5, 5.41) is 0.854. The Morgan fingerprint density at radius 2 is 2.00 bits per heavy atom. The zero-order valence-electron chi connectivity index (χ0n) is 8.11. The lowest BCUT2D eigenvalue weighted by Crippen LogP contribution is -2.13. The van der Waals surface area contributed by atoms with Gasteiger partial charge in [0.2, 0.25) is 0 Å². The molecule has 0 saturated heterocycles. The van der Waals surface area contributed by atoms with E-state index in [4.69, 9.17) is 5.73 Å². The molecule has 0 unspecified atom stereocenters. The van der Waals surface area contributed by atoms with Crippen molar-refractivity contribution >= 4 is 24.2 Å². The molecule has 0 heterocycles. The van der Waals surface area contributed by atoms with E-state index in [9.17, 15) is 0 Å². The summed E-state index contributed by atoms with van der Waals surface area (Å²) >= 11 is 2.00. The van der Waals surface area contributed by atoms with Crippen LogP contribution in [0.2, 0.25) is 0 Å². The Morgan fingerprint density at radius 3 is 2.57 bits per heavy atom. The molecule has 1 saturated carbocycles. The molecule has 0 atom stereocenters. The molecule has 1 nitrogen and oxygen atoms in total. The van der Waals surface area contributed by atoms with Gasteiger partial charge in [0.25, 0.3) is 0 Å². The Morgan fingerprint density at radius 1 is 1.29 bits per heavy atom. The summed E-state index contributed by atoms with van der Waals surface area (Å²) in [6.45, 7) is 0.663. The molecular weight excluding hydrogens is 214 g/mol. The van der Waals surface area contributed by atoms with Crippen LogP contribution in [0, 0.1) is 0 Å². The minimum Gasteiger partial charge on any atom is -0.326 e. The van der Waals surface area contributed by atoms with Crippen molar-refractivity contribution in [3.05, 3.63) is 29.8 Å². The van der Waals surface area contributed by atoms with Crippen molar-refractivity contribution in [2.45, 2.75) is 36.0 Å². The summed E-state index contributed by atoms with van der Waals surface area (Å²) in [6, 6.07) is 8.47. The number of hydrogen-bond donors (Lipinski definition) is 1. The van der Waals surface area contributed by atoms with E-state index in [1.165, 1.54) is 29.7 Å². The van der Waals surface area contributed by atoms with Crippen LogP contribution in [0.15, 0.2) is 29.2 Å². The molecule has 0 amide bonds. The Bertz CT molecular complexity index is 286. The SMILES string of the molecule is Cl.NCc1ccccc1SC1CCC1. The zero-order chi connectivity index (χ0) is 9.10. The summed E-state index contributed by atoms with van der Waals surface area (Å²) in [4.78, 5) is 1.38. The van der Waals surface area contributed by atoms with Gasteiger partial charge in [0.05, 0.1) is 0 Å². The minimum atomic E-state index is 0. The van der Waals surface area contributed by atoms with Crippen molar-refractivity contribution in [2.24, 2.45) is 5.73 Å². The largest absolute Gasteiger partial charge is 0.326 e. The fourth-order valence-electron chi connectivity index (χ4n) is 1.46. The molecule has 2 N–H and O–H groups in total. The molecule has 0 radical (unpaired) electrons. The van der Waals surface area contributed by atoms with Gasteiger partial charge in [-0.3, -0.25) is 0 Å². The van der Waals surface area contributed by atoms with E-state index in [1.807, 2.05) is 11.8 Å². The van der Waals surface area contributed by atoms with E-state index in [1.54, 1.807) is 0 Å². The first-order valence-electron chi connectivity index (χ1n) is 4.85. The van der Waals surface area contributed by atoms with Gasteiger partial charge in [-0.1, -0.05) is 24.6 Å². The average molecular weight is 230 g/mol. The van der Waals surface area contributed by atoms with Gasteiger partial charge in [0.1, 0.15) is 0 Å². The van der Waals surface area contributed by atoms with Crippen LogP contribution in [0.1, 0.15) is 24.8 Å². The Balaban J connectivity index is 0.000000980.